The normalized spacial score (nSPS) is 10.9. The average molecular weight is 271 g/mol. The second kappa shape index (κ2) is 4.59. The molecule has 2 heterocycles. The fourth-order valence-electron chi connectivity index (χ4n) is 2.05. The van der Waals surface area contributed by atoms with Crippen molar-refractivity contribution < 1.29 is 4.74 Å². The van der Waals surface area contributed by atoms with Crippen molar-refractivity contribution in [1.29, 1.82) is 0 Å². The zero-order valence-corrected chi connectivity index (χ0v) is 11.6. The molecule has 96 valence electrons. The molecule has 5 heteroatoms. The van der Waals surface area contributed by atoms with Crippen LogP contribution in [0.15, 0.2) is 41.8 Å². The minimum absolute atomic E-state index is 0.750. The summed E-state index contributed by atoms with van der Waals surface area (Å²) in [5.41, 5.74) is 3.66. The molecule has 2 aromatic heterocycles. The number of imidazole rings is 1. The molecule has 0 saturated carbocycles. The SMILES string of the molecule is COc1c(-c2cn3ccncc3n2)ccc(C)c1S. The van der Waals surface area contributed by atoms with Gasteiger partial charge >= 0.3 is 0 Å². The molecule has 0 N–H and O–H groups in total. The van der Waals surface area contributed by atoms with E-state index in [-0.39, 0.29) is 0 Å². The van der Waals surface area contributed by atoms with Gasteiger partial charge in [0.2, 0.25) is 0 Å². The van der Waals surface area contributed by atoms with E-state index < -0.39 is 0 Å². The number of thiol groups is 1. The van der Waals surface area contributed by atoms with Crippen molar-refractivity contribution in [2.24, 2.45) is 0 Å². The van der Waals surface area contributed by atoms with Gasteiger partial charge in [0.15, 0.2) is 5.65 Å². The summed E-state index contributed by atoms with van der Waals surface area (Å²) in [7, 11) is 1.65. The number of hydrogen-bond acceptors (Lipinski definition) is 4. The second-order valence-electron chi connectivity index (χ2n) is 4.28. The first-order valence-electron chi connectivity index (χ1n) is 5.86. The highest BCUT2D eigenvalue weighted by atomic mass is 32.1. The average Bonchev–Trinajstić information content (AvgIpc) is 2.85. The van der Waals surface area contributed by atoms with E-state index in [1.54, 1.807) is 19.5 Å². The number of aromatic nitrogens is 3. The molecule has 4 nitrogen and oxygen atoms in total. The van der Waals surface area contributed by atoms with E-state index in [1.165, 1.54) is 0 Å². The Hall–Kier alpha value is -2.01. The van der Waals surface area contributed by atoms with E-state index in [1.807, 2.05) is 35.9 Å². The van der Waals surface area contributed by atoms with E-state index in [4.69, 9.17) is 4.74 Å². The Kier molecular flexibility index (Phi) is 2.91. The topological polar surface area (TPSA) is 39.4 Å². The van der Waals surface area contributed by atoms with Crippen molar-refractivity contribution in [1.82, 2.24) is 14.4 Å². The molecule has 0 spiro atoms. The molecule has 3 rings (SSSR count). The van der Waals surface area contributed by atoms with Crippen LogP contribution < -0.4 is 4.74 Å². The number of benzene rings is 1. The Morgan fingerprint density at radius 3 is 2.89 bits per heavy atom. The lowest BCUT2D eigenvalue weighted by Crippen LogP contribution is -1.91. The third-order valence-corrected chi connectivity index (χ3v) is 3.63. The predicted molar refractivity (Wildman–Crippen MR) is 77.0 cm³/mol. The summed E-state index contributed by atoms with van der Waals surface area (Å²) in [5.74, 6) is 0.750. The first-order chi connectivity index (χ1) is 9.20. The van der Waals surface area contributed by atoms with Crippen LogP contribution in [0.3, 0.4) is 0 Å². The van der Waals surface area contributed by atoms with E-state index >= 15 is 0 Å². The van der Waals surface area contributed by atoms with E-state index in [0.29, 0.717) is 0 Å². The second-order valence-corrected chi connectivity index (χ2v) is 4.73. The predicted octanol–water partition coefficient (Wildman–Crippen LogP) is 3.00. The molecule has 0 bridgehead atoms. The van der Waals surface area contributed by atoms with Gasteiger partial charge in [0.05, 0.1) is 19.0 Å². The van der Waals surface area contributed by atoms with Crippen LogP contribution in [0.1, 0.15) is 5.56 Å². The van der Waals surface area contributed by atoms with Crippen LogP contribution in [0.4, 0.5) is 0 Å². The number of hydrogen-bond donors (Lipinski definition) is 1. The summed E-state index contributed by atoms with van der Waals surface area (Å²) in [4.78, 5) is 9.46. The van der Waals surface area contributed by atoms with Gasteiger partial charge in [-0.3, -0.25) is 4.98 Å². The van der Waals surface area contributed by atoms with E-state index in [0.717, 1.165) is 33.1 Å². The van der Waals surface area contributed by atoms with Gasteiger partial charge < -0.3 is 9.14 Å². The van der Waals surface area contributed by atoms with Crippen molar-refractivity contribution in [2.45, 2.75) is 11.8 Å². The third kappa shape index (κ3) is 1.96. The molecular weight excluding hydrogens is 258 g/mol. The Bertz CT molecular complexity index is 719. The van der Waals surface area contributed by atoms with E-state index in [2.05, 4.69) is 22.6 Å². The molecule has 19 heavy (non-hydrogen) atoms. The summed E-state index contributed by atoms with van der Waals surface area (Å²) in [6.45, 7) is 2.00. The van der Waals surface area contributed by atoms with Gasteiger partial charge in [-0.1, -0.05) is 6.07 Å². The summed E-state index contributed by atoms with van der Waals surface area (Å²) < 4.78 is 7.40. The third-order valence-electron chi connectivity index (χ3n) is 3.08. The lowest BCUT2D eigenvalue weighted by molar-refractivity contribution is 0.406. The smallest absolute Gasteiger partial charge is 0.155 e. The summed E-state index contributed by atoms with van der Waals surface area (Å²) in [6.07, 6.45) is 7.28. The van der Waals surface area contributed by atoms with E-state index in [9.17, 15) is 0 Å². The first-order valence-corrected chi connectivity index (χ1v) is 6.31. The number of ether oxygens (including phenoxy) is 1. The largest absolute Gasteiger partial charge is 0.495 e. The number of fused-ring (bicyclic) bond motifs is 1. The molecular formula is C14H13N3OS. The quantitative estimate of drug-likeness (QED) is 0.728. The molecule has 0 aliphatic carbocycles. The lowest BCUT2D eigenvalue weighted by Gasteiger charge is -2.10. The number of nitrogens with zero attached hydrogens (tertiary/aromatic N) is 3. The Morgan fingerprint density at radius 1 is 1.32 bits per heavy atom. The molecule has 0 unspecified atom stereocenters. The standard InChI is InChI=1S/C14H13N3OS/c1-9-3-4-10(13(18-2)14(9)19)11-8-17-6-5-15-7-12(17)16-11/h3-8,19H,1-2H3. The van der Waals surface area contributed by atoms with Gasteiger partial charge in [0.25, 0.3) is 0 Å². The highest BCUT2D eigenvalue weighted by molar-refractivity contribution is 7.80. The zero-order chi connectivity index (χ0) is 13.4. The molecule has 1 aromatic carbocycles. The molecule has 0 aliphatic heterocycles. The van der Waals surface area contributed by atoms with Gasteiger partial charge in [0, 0.05) is 29.0 Å². The highest BCUT2D eigenvalue weighted by Gasteiger charge is 2.13. The maximum absolute atomic E-state index is 5.47. The minimum atomic E-state index is 0.750. The molecule has 3 aromatic rings. The molecule has 0 saturated heterocycles. The number of rotatable bonds is 2. The van der Waals surface area contributed by atoms with Gasteiger partial charge in [-0.2, -0.15) is 0 Å². The minimum Gasteiger partial charge on any atom is -0.495 e. The van der Waals surface area contributed by atoms with Crippen LogP contribution in [0.2, 0.25) is 0 Å². The molecule has 0 radical (unpaired) electrons. The lowest BCUT2D eigenvalue weighted by atomic mass is 10.1. The molecule has 0 fully saturated rings. The Morgan fingerprint density at radius 2 is 2.16 bits per heavy atom. The van der Waals surface area contributed by atoms with Crippen molar-refractivity contribution in [3.05, 3.63) is 42.5 Å². The van der Waals surface area contributed by atoms with Crippen molar-refractivity contribution >= 4 is 18.3 Å². The van der Waals surface area contributed by atoms with Crippen LogP contribution in [-0.4, -0.2) is 21.5 Å². The fourth-order valence-corrected chi connectivity index (χ4v) is 2.34. The zero-order valence-electron chi connectivity index (χ0n) is 10.7. The Balaban J connectivity index is 2.23. The monoisotopic (exact) mass is 271 g/mol. The molecule has 0 amide bonds. The van der Waals surface area contributed by atoms with Gasteiger partial charge in [-0.05, 0) is 18.6 Å². The van der Waals surface area contributed by atoms with Gasteiger partial charge in [-0.25, -0.2) is 4.98 Å². The first kappa shape index (κ1) is 12.0. The summed E-state index contributed by atoms with van der Waals surface area (Å²) in [6, 6.07) is 4.02. The fraction of sp³-hybridized carbons (Fsp3) is 0.143. The maximum Gasteiger partial charge on any atom is 0.155 e. The van der Waals surface area contributed by atoms with Crippen LogP contribution in [-0.2, 0) is 0 Å². The summed E-state index contributed by atoms with van der Waals surface area (Å²) in [5, 5.41) is 0. The van der Waals surface area contributed by atoms with Gasteiger partial charge in [0.1, 0.15) is 5.75 Å². The number of methoxy groups -OCH3 is 1. The van der Waals surface area contributed by atoms with Crippen molar-refractivity contribution in [2.75, 3.05) is 7.11 Å². The molecule has 0 aliphatic rings. The van der Waals surface area contributed by atoms with Gasteiger partial charge in [-0.15, -0.1) is 12.6 Å². The Labute approximate surface area is 116 Å². The van der Waals surface area contributed by atoms with Crippen LogP contribution in [0, 0.1) is 6.92 Å². The number of aryl methyl sites for hydroxylation is 1. The van der Waals surface area contributed by atoms with Crippen molar-refractivity contribution in [3.8, 4) is 17.0 Å². The molecule has 0 atom stereocenters. The maximum atomic E-state index is 5.47. The van der Waals surface area contributed by atoms with Crippen LogP contribution in [0.25, 0.3) is 16.9 Å². The van der Waals surface area contributed by atoms with Crippen LogP contribution >= 0.6 is 12.6 Å². The van der Waals surface area contributed by atoms with Crippen LogP contribution in [0.5, 0.6) is 5.75 Å². The van der Waals surface area contributed by atoms with Crippen molar-refractivity contribution in [3.63, 3.8) is 0 Å². The highest BCUT2D eigenvalue weighted by Crippen LogP contribution is 2.36. The summed E-state index contributed by atoms with van der Waals surface area (Å²) >= 11 is 4.50.